The van der Waals surface area contributed by atoms with Crippen molar-refractivity contribution in [3.63, 3.8) is 0 Å². The van der Waals surface area contributed by atoms with Crippen LogP contribution in [-0.4, -0.2) is 14.2 Å². The predicted molar refractivity (Wildman–Crippen MR) is 87.9 cm³/mol. The molecule has 0 spiro atoms. The minimum Gasteiger partial charge on any atom is -0.398 e. The Hall–Kier alpha value is -2.01. The van der Waals surface area contributed by atoms with Crippen molar-refractivity contribution in [3.8, 4) is 0 Å². The molecule has 5 heteroatoms. The van der Waals surface area contributed by atoms with Gasteiger partial charge in [-0.1, -0.05) is 43.3 Å². The van der Waals surface area contributed by atoms with Crippen LogP contribution < -0.4 is 10.5 Å². The van der Waals surface area contributed by atoms with Crippen LogP contribution >= 0.6 is 0 Å². The number of nitrogens with two attached hydrogens (primary N) is 1. The molecule has 0 radical (unpaired) electrons. The van der Waals surface area contributed by atoms with E-state index in [1.165, 1.54) is 0 Å². The van der Waals surface area contributed by atoms with Crippen LogP contribution in [0.4, 0.5) is 11.4 Å². The highest BCUT2D eigenvalue weighted by Gasteiger charge is 2.18. The van der Waals surface area contributed by atoms with Gasteiger partial charge >= 0.3 is 0 Å². The molecular formula is C16H20N2O2S. The maximum absolute atomic E-state index is 12.3. The Morgan fingerprint density at radius 1 is 1.10 bits per heavy atom. The molecule has 2 aromatic carbocycles. The normalized spacial score (nSPS) is 12.9. The van der Waals surface area contributed by atoms with Gasteiger partial charge in [-0.15, -0.1) is 0 Å². The molecule has 0 aromatic heterocycles. The molecule has 21 heavy (non-hydrogen) atoms. The van der Waals surface area contributed by atoms with Gasteiger partial charge < -0.3 is 5.73 Å². The van der Waals surface area contributed by atoms with E-state index in [1.807, 2.05) is 37.3 Å². The van der Waals surface area contributed by atoms with Gasteiger partial charge in [0.05, 0.1) is 11.4 Å². The Morgan fingerprint density at radius 2 is 1.76 bits per heavy atom. The van der Waals surface area contributed by atoms with Crippen molar-refractivity contribution in [1.29, 1.82) is 0 Å². The quantitative estimate of drug-likeness (QED) is 0.834. The highest BCUT2D eigenvalue weighted by molar-refractivity contribution is 7.92. The van der Waals surface area contributed by atoms with E-state index in [0.717, 1.165) is 11.1 Å². The van der Waals surface area contributed by atoms with Crippen LogP contribution in [0.15, 0.2) is 48.5 Å². The fraction of sp³-hybridized carbons (Fsp3) is 0.250. The van der Waals surface area contributed by atoms with E-state index in [2.05, 4.69) is 4.72 Å². The molecule has 0 fully saturated rings. The van der Waals surface area contributed by atoms with Crippen LogP contribution in [0.3, 0.4) is 0 Å². The lowest BCUT2D eigenvalue weighted by Crippen LogP contribution is -2.21. The number of benzene rings is 2. The monoisotopic (exact) mass is 304 g/mol. The number of sulfonamides is 1. The highest BCUT2D eigenvalue weighted by Crippen LogP contribution is 2.23. The van der Waals surface area contributed by atoms with Gasteiger partial charge in [0.2, 0.25) is 10.0 Å². The Balaban J connectivity index is 2.14. The Morgan fingerprint density at radius 3 is 2.43 bits per heavy atom. The average molecular weight is 304 g/mol. The summed E-state index contributed by atoms with van der Waals surface area (Å²) in [6, 6.07) is 14.8. The average Bonchev–Trinajstić information content (AvgIpc) is 2.44. The maximum atomic E-state index is 12.3. The van der Waals surface area contributed by atoms with Crippen molar-refractivity contribution in [2.24, 2.45) is 0 Å². The van der Waals surface area contributed by atoms with Crippen molar-refractivity contribution in [1.82, 2.24) is 0 Å². The number of hydrogen-bond acceptors (Lipinski definition) is 3. The van der Waals surface area contributed by atoms with Crippen molar-refractivity contribution in [3.05, 3.63) is 59.7 Å². The molecule has 1 atom stereocenters. The van der Waals surface area contributed by atoms with Crippen molar-refractivity contribution in [2.45, 2.75) is 19.8 Å². The van der Waals surface area contributed by atoms with E-state index in [1.54, 1.807) is 25.1 Å². The summed E-state index contributed by atoms with van der Waals surface area (Å²) in [7, 11) is -3.43. The van der Waals surface area contributed by atoms with Crippen molar-refractivity contribution >= 4 is 21.4 Å². The first kappa shape index (κ1) is 15.4. The zero-order chi connectivity index (χ0) is 15.5. The first-order chi connectivity index (χ1) is 9.89. The van der Waals surface area contributed by atoms with Crippen molar-refractivity contribution in [2.75, 3.05) is 16.2 Å². The molecule has 2 aromatic rings. The molecule has 0 amide bonds. The molecule has 0 aliphatic heterocycles. The summed E-state index contributed by atoms with van der Waals surface area (Å²) in [5.74, 6) is -0.0457. The van der Waals surface area contributed by atoms with Crippen LogP contribution in [-0.2, 0) is 10.0 Å². The fourth-order valence-electron chi connectivity index (χ4n) is 2.18. The Bertz CT molecular complexity index is 712. The summed E-state index contributed by atoms with van der Waals surface area (Å²) in [6.07, 6.45) is 0. The van der Waals surface area contributed by atoms with Crippen molar-refractivity contribution < 1.29 is 8.42 Å². The minimum atomic E-state index is -3.43. The summed E-state index contributed by atoms with van der Waals surface area (Å²) >= 11 is 0. The van der Waals surface area contributed by atoms with Gasteiger partial charge in [0, 0.05) is 5.69 Å². The molecule has 0 saturated carbocycles. The number of rotatable bonds is 5. The Kier molecular flexibility index (Phi) is 4.53. The van der Waals surface area contributed by atoms with Crippen LogP contribution in [0.1, 0.15) is 24.0 Å². The van der Waals surface area contributed by atoms with E-state index in [9.17, 15) is 8.42 Å². The minimum absolute atomic E-state index is 0.0330. The van der Waals surface area contributed by atoms with Crippen LogP contribution in [0, 0.1) is 6.92 Å². The van der Waals surface area contributed by atoms with Gasteiger partial charge in [-0.25, -0.2) is 8.42 Å². The van der Waals surface area contributed by atoms with E-state index in [4.69, 9.17) is 5.73 Å². The second-order valence-electron chi connectivity index (χ2n) is 5.22. The van der Waals surface area contributed by atoms with Gasteiger partial charge in [0.15, 0.2) is 0 Å². The first-order valence-electron chi connectivity index (χ1n) is 6.79. The molecule has 4 nitrogen and oxygen atoms in total. The maximum Gasteiger partial charge on any atom is 0.233 e. The zero-order valence-corrected chi connectivity index (χ0v) is 13.0. The van der Waals surface area contributed by atoms with Crippen LogP contribution in [0.5, 0.6) is 0 Å². The molecule has 0 saturated heterocycles. The lowest BCUT2D eigenvalue weighted by Gasteiger charge is -2.15. The summed E-state index contributed by atoms with van der Waals surface area (Å²) in [5, 5.41) is 0. The zero-order valence-electron chi connectivity index (χ0n) is 12.2. The molecule has 2 rings (SSSR count). The molecular weight excluding hydrogens is 284 g/mol. The van der Waals surface area contributed by atoms with Crippen LogP contribution in [0.2, 0.25) is 0 Å². The number of anilines is 2. The highest BCUT2D eigenvalue weighted by atomic mass is 32.2. The molecule has 112 valence electrons. The summed E-state index contributed by atoms with van der Waals surface area (Å²) in [5.41, 5.74) is 8.66. The molecule has 0 aliphatic carbocycles. The second-order valence-corrected chi connectivity index (χ2v) is 6.98. The van der Waals surface area contributed by atoms with Gasteiger partial charge in [-0.05, 0) is 36.1 Å². The largest absolute Gasteiger partial charge is 0.398 e. The van der Waals surface area contributed by atoms with Gasteiger partial charge in [0.1, 0.15) is 0 Å². The third-order valence-electron chi connectivity index (χ3n) is 3.48. The van der Waals surface area contributed by atoms with E-state index in [0.29, 0.717) is 11.4 Å². The van der Waals surface area contributed by atoms with Gasteiger partial charge in [-0.2, -0.15) is 0 Å². The lowest BCUT2D eigenvalue weighted by atomic mass is 10.0. The van der Waals surface area contributed by atoms with E-state index < -0.39 is 10.0 Å². The fourth-order valence-corrected chi connectivity index (χ4v) is 3.67. The molecule has 0 bridgehead atoms. The lowest BCUT2D eigenvalue weighted by molar-refractivity contribution is 0.595. The summed E-state index contributed by atoms with van der Waals surface area (Å²) in [6.45, 7) is 3.70. The third kappa shape index (κ3) is 3.98. The number of nitrogens with one attached hydrogen (secondary N) is 1. The number of hydrogen-bond donors (Lipinski definition) is 2. The predicted octanol–water partition coefficient (Wildman–Crippen LogP) is 3.12. The number of nitrogen functional groups attached to an aromatic ring is 1. The third-order valence-corrected chi connectivity index (χ3v) is 4.95. The molecule has 0 heterocycles. The smallest absolute Gasteiger partial charge is 0.233 e. The standard InChI is InChI=1S/C16H20N2O2S/c1-12(14-7-4-3-5-8-14)11-21(19,20)18-16-10-6-9-15(17)13(16)2/h3-10,12,18H,11,17H2,1-2H3. The van der Waals surface area contributed by atoms with Crippen LogP contribution in [0.25, 0.3) is 0 Å². The molecule has 0 aliphatic rings. The Labute approximate surface area is 126 Å². The van der Waals surface area contributed by atoms with E-state index in [-0.39, 0.29) is 11.7 Å². The molecule has 1 unspecified atom stereocenters. The topological polar surface area (TPSA) is 72.2 Å². The first-order valence-corrected chi connectivity index (χ1v) is 8.45. The van der Waals surface area contributed by atoms with Gasteiger partial charge in [0.25, 0.3) is 0 Å². The molecule has 3 N–H and O–H groups in total. The SMILES string of the molecule is Cc1c(N)cccc1NS(=O)(=O)CC(C)c1ccccc1. The summed E-state index contributed by atoms with van der Waals surface area (Å²) in [4.78, 5) is 0. The summed E-state index contributed by atoms with van der Waals surface area (Å²) < 4.78 is 27.2. The second kappa shape index (κ2) is 6.18. The van der Waals surface area contributed by atoms with E-state index >= 15 is 0 Å². The van der Waals surface area contributed by atoms with Gasteiger partial charge in [-0.3, -0.25) is 4.72 Å².